The molecule has 0 aliphatic carbocycles. The predicted octanol–water partition coefficient (Wildman–Crippen LogP) is 8.04. The first-order chi connectivity index (χ1) is 15.2. The van der Waals surface area contributed by atoms with Gasteiger partial charge in [0.1, 0.15) is 0 Å². The third-order valence-electron chi connectivity index (χ3n) is 4.86. The maximum Gasteiger partial charge on any atom is 0.0314 e. The fourth-order valence-electron chi connectivity index (χ4n) is 3.20. The highest BCUT2D eigenvalue weighted by molar-refractivity contribution is 5.74. The first-order valence-corrected chi connectivity index (χ1v) is 10.2. The highest BCUT2D eigenvalue weighted by Gasteiger charge is 1.99. The normalized spacial score (nSPS) is 10.5. The number of hydrogen-bond acceptors (Lipinski definition) is 1. The molecule has 0 atom stereocenters. The minimum atomic E-state index is 0.796. The molecule has 0 fully saturated rings. The van der Waals surface area contributed by atoms with E-state index >= 15 is 0 Å². The average Bonchev–Trinajstić information content (AvgIpc) is 2.85. The van der Waals surface area contributed by atoms with Gasteiger partial charge in [0.2, 0.25) is 0 Å². The van der Waals surface area contributed by atoms with Crippen LogP contribution < -0.4 is 5.73 Å². The molecule has 31 heavy (non-hydrogen) atoms. The quantitative estimate of drug-likeness (QED) is 0.266. The summed E-state index contributed by atoms with van der Waals surface area (Å²) in [6.07, 6.45) is 5.54. The summed E-state index contributed by atoms with van der Waals surface area (Å²) in [5.74, 6) is 0. The summed E-state index contributed by atoms with van der Waals surface area (Å²) in [6.45, 7) is 7.39. The second kappa shape index (κ2) is 11.2. The molecule has 1 heteroatoms. The standard InChI is InChI=1S/C18H15N.C12H12/c19-18-12-10-17(11-13-18)16-8-6-15(7-9-16)14-4-2-1-3-5-14;1-3-8-11(4-2)12-9-6-5-7-10-12/h1-13H,19H2;3-10H,1-2H2/b;11-8+. The Morgan fingerprint density at radius 2 is 0.968 bits per heavy atom. The Morgan fingerprint density at radius 3 is 1.42 bits per heavy atom. The fraction of sp³-hybridized carbons (Fsp3) is 0. The molecule has 4 aromatic carbocycles. The molecule has 0 heterocycles. The first kappa shape index (κ1) is 21.6. The molecule has 0 aliphatic rings. The van der Waals surface area contributed by atoms with Crippen molar-refractivity contribution in [2.75, 3.05) is 5.73 Å². The third-order valence-corrected chi connectivity index (χ3v) is 4.86. The summed E-state index contributed by atoms with van der Waals surface area (Å²) in [6, 6.07) is 37.1. The van der Waals surface area contributed by atoms with Crippen molar-refractivity contribution in [1.29, 1.82) is 0 Å². The predicted molar refractivity (Wildman–Crippen MR) is 137 cm³/mol. The van der Waals surface area contributed by atoms with Gasteiger partial charge in [-0.2, -0.15) is 0 Å². The van der Waals surface area contributed by atoms with E-state index in [-0.39, 0.29) is 0 Å². The van der Waals surface area contributed by atoms with Crippen molar-refractivity contribution < 1.29 is 0 Å². The van der Waals surface area contributed by atoms with Crippen molar-refractivity contribution in [3.05, 3.63) is 146 Å². The molecule has 4 rings (SSSR count). The Labute approximate surface area is 185 Å². The number of anilines is 1. The van der Waals surface area contributed by atoms with Gasteiger partial charge in [-0.05, 0) is 45.5 Å². The minimum absolute atomic E-state index is 0.796. The SMILES string of the molecule is C=C/C=C(\C=C)c1ccccc1.Nc1ccc(-c2ccc(-c3ccccc3)cc2)cc1. The van der Waals surface area contributed by atoms with E-state index in [2.05, 4.69) is 73.8 Å². The second-order valence-corrected chi connectivity index (χ2v) is 6.99. The fourth-order valence-corrected chi connectivity index (χ4v) is 3.20. The zero-order chi connectivity index (χ0) is 21.9. The largest absolute Gasteiger partial charge is 0.399 e. The Kier molecular flexibility index (Phi) is 7.79. The smallest absolute Gasteiger partial charge is 0.0314 e. The van der Waals surface area contributed by atoms with E-state index in [1.54, 1.807) is 6.08 Å². The number of nitrogens with two attached hydrogens (primary N) is 1. The van der Waals surface area contributed by atoms with Crippen LogP contribution >= 0.6 is 0 Å². The number of rotatable bonds is 5. The number of nitrogen functional groups attached to an aromatic ring is 1. The average molecular weight is 402 g/mol. The van der Waals surface area contributed by atoms with Crippen LogP contribution in [-0.4, -0.2) is 0 Å². The van der Waals surface area contributed by atoms with Crippen LogP contribution in [-0.2, 0) is 0 Å². The molecule has 0 saturated heterocycles. The summed E-state index contributed by atoms with van der Waals surface area (Å²) < 4.78 is 0. The lowest BCUT2D eigenvalue weighted by molar-refractivity contribution is 1.59. The van der Waals surface area contributed by atoms with Crippen LogP contribution in [0.1, 0.15) is 5.56 Å². The van der Waals surface area contributed by atoms with E-state index in [4.69, 9.17) is 5.73 Å². The van der Waals surface area contributed by atoms with Gasteiger partial charge in [0.05, 0.1) is 0 Å². The Balaban J connectivity index is 0.000000196. The molecule has 1 nitrogen and oxygen atoms in total. The molecule has 0 amide bonds. The molecule has 0 aliphatic heterocycles. The summed E-state index contributed by atoms with van der Waals surface area (Å²) in [7, 11) is 0. The number of allylic oxidation sites excluding steroid dienone is 4. The molecule has 0 bridgehead atoms. The van der Waals surface area contributed by atoms with Gasteiger partial charge < -0.3 is 5.73 Å². The molecular formula is C30H27N. The highest BCUT2D eigenvalue weighted by atomic mass is 14.5. The maximum atomic E-state index is 5.70. The van der Waals surface area contributed by atoms with Gasteiger partial charge in [0.25, 0.3) is 0 Å². The van der Waals surface area contributed by atoms with Crippen LogP contribution in [0.2, 0.25) is 0 Å². The Hall–Kier alpha value is -4.10. The van der Waals surface area contributed by atoms with Gasteiger partial charge in [0.15, 0.2) is 0 Å². The summed E-state index contributed by atoms with van der Waals surface area (Å²) in [5.41, 5.74) is 13.7. The molecule has 0 unspecified atom stereocenters. The van der Waals surface area contributed by atoms with Crippen molar-refractivity contribution in [1.82, 2.24) is 0 Å². The molecule has 0 radical (unpaired) electrons. The lowest BCUT2D eigenvalue weighted by Gasteiger charge is -2.05. The van der Waals surface area contributed by atoms with E-state index in [1.807, 2.05) is 60.7 Å². The van der Waals surface area contributed by atoms with Gasteiger partial charge in [-0.1, -0.05) is 128 Å². The molecular weight excluding hydrogens is 374 g/mol. The molecule has 0 saturated carbocycles. The van der Waals surface area contributed by atoms with Crippen molar-refractivity contribution >= 4 is 11.3 Å². The Bertz CT molecular complexity index is 1120. The van der Waals surface area contributed by atoms with Gasteiger partial charge >= 0.3 is 0 Å². The summed E-state index contributed by atoms with van der Waals surface area (Å²) in [4.78, 5) is 0. The van der Waals surface area contributed by atoms with E-state index < -0.39 is 0 Å². The van der Waals surface area contributed by atoms with Crippen LogP contribution in [0.4, 0.5) is 5.69 Å². The number of hydrogen-bond donors (Lipinski definition) is 1. The van der Waals surface area contributed by atoms with Gasteiger partial charge in [-0.3, -0.25) is 0 Å². The second-order valence-electron chi connectivity index (χ2n) is 6.99. The van der Waals surface area contributed by atoms with Crippen LogP contribution in [0.3, 0.4) is 0 Å². The van der Waals surface area contributed by atoms with Crippen LogP contribution in [0.15, 0.2) is 141 Å². The molecule has 4 aromatic rings. The molecule has 0 spiro atoms. The van der Waals surface area contributed by atoms with Crippen LogP contribution in [0.5, 0.6) is 0 Å². The summed E-state index contributed by atoms with van der Waals surface area (Å²) >= 11 is 0. The zero-order valence-corrected chi connectivity index (χ0v) is 17.6. The van der Waals surface area contributed by atoms with Gasteiger partial charge in [-0.25, -0.2) is 0 Å². The van der Waals surface area contributed by atoms with Crippen molar-refractivity contribution in [3.63, 3.8) is 0 Å². The maximum absolute atomic E-state index is 5.70. The lowest BCUT2D eigenvalue weighted by Crippen LogP contribution is -1.84. The minimum Gasteiger partial charge on any atom is -0.399 e. The third kappa shape index (κ3) is 6.19. The molecule has 2 N–H and O–H groups in total. The number of benzene rings is 4. The van der Waals surface area contributed by atoms with E-state index in [0.717, 1.165) is 11.3 Å². The lowest BCUT2D eigenvalue weighted by atomic mass is 10.0. The van der Waals surface area contributed by atoms with Crippen molar-refractivity contribution in [2.45, 2.75) is 0 Å². The highest BCUT2D eigenvalue weighted by Crippen LogP contribution is 2.25. The monoisotopic (exact) mass is 401 g/mol. The first-order valence-electron chi connectivity index (χ1n) is 10.2. The molecule has 152 valence electrons. The zero-order valence-electron chi connectivity index (χ0n) is 17.6. The van der Waals surface area contributed by atoms with E-state index in [9.17, 15) is 0 Å². The van der Waals surface area contributed by atoms with E-state index in [0.29, 0.717) is 0 Å². The Morgan fingerprint density at radius 1 is 0.548 bits per heavy atom. The topological polar surface area (TPSA) is 26.0 Å². The van der Waals surface area contributed by atoms with Crippen LogP contribution in [0, 0.1) is 0 Å². The van der Waals surface area contributed by atoms with Crippen LogP contribution in [0.25, 0.3) is 27.8 Å². The molecule has 0 aromatic heterocycles. The van der Waals surface area contributed by atoms with Gasteiger partial charge in [0, 0.05) is 5.69 Å². The van der Waals surface area contributed by atoms with Gasteiger partial charge in [-0.15, -0.1) is 0 Å². The van der Waals surface area contributed by atoms with Crippen molar-refractivity contribution in [2.24, 2.45) is 0 Å². The summed E-state index contributed by atoms with van der Waals surface area (Å²) in [5, 5.41) is 0. The van der Waals surface area contributed by atoms with Crippen molar-refractivity contribution in [3.8, 4) is 22.3 Å². The van der Waals surface area contributed by atoms with E-state index in [1.165, 1.54) is 27.8 Å².